The number of benzene rings is 1. The molecule has 100 valence electrons. The van der Waals surface area contributed by atoms with Crippen LogP contribution < -0.4 is 5.32 Å². The van der Waals surface area contributed by atoms with Crippen LogP contribution in [0.4, 0.5) is 5.69 Å². The molecule has 1 aromatic rings. The first-order valence-electron chi connectivity index (χ1n) is 6.74. The van der Waals surface area contributed by atoms with Crippen molar-refractivity contribution in [1.29, 1.82) is 0 Å². The molecular weight excluding hydrogens is 242 g/mol. The van der Waals surface area contributed by atoms with Crippen molar-refractivity contribution in [1.82, 2.24) is 0 Å². The summed E-state index contributed by atoms with van der Waals surface area (Å²) >= 11 is 0. The van der Waals surface area contributed by atoms with Crippen LogP contribution in [0.2, 0.25) is 0 Å². The molecule has 0 spiro atoms. The second-order valence-corrected chi connectivity index (χ2v) is 5.66. The van der Waals surface area contributed by atoms with Gasteiger partial charge in [-0.1, -0.05) is 18.6 Å². The molecule has 19 heavy (non-hydrogen) atoms. The zero-order valence-corrected chi connectivity index (χ0v) is 10.7. The summed E-state index contributed by atoms with van der Waals surface area (Å²) in [5, 5.41) is 12.2. The fourth-order valence-corrected chi connectivity index (χ4v) is 3.01. The number of aliphatic carboxylic acids is 1. The first kappa shape index (κ1) is 12.2. The quantitative estimate of drug-likeness (QED) is 0.875. The van der Waals surface area contributed by atoms with Gasteiger partial charge >= 0.3 is 5.97 Å². The predicted octanol–water partition coefficient (Wildman–Crippen LogP) is 2.37. The van der Waals surface area contributed by atoms with Gasteiger partial charge in [-0.2, -0.15) is 0 Å². The molecule has 4 nitrogen and oxygen atoms in total. The normalized spacial score (nSPS) is 20.1. The minimum Gasteiger partial charge on any atom is -0.481 e. The number of carboxylic acid groups (broad SMARTS) is 1. The Balaban J connectivity index is 1.83. The van der Waals surface area contributed by atoms with Crippen LogP contribution in [0.5, 0.6) is 0 Å². The van der Waals surface area contributed by atoms with E-state index < -0.39 is 11.4 Å². The average Bonchev–Trinajstić information content (AvgIpc) is 2.33. The molecule has 4 heteroatoms. The molecule has 1 aliphatic carbocycles. The Morgan fingerprint density at radius 1 is 1.32 bits per heavy atom. The lowest BCUT2D eigenvalue weighted by Crippen LogP contribution is -2.39. The van der Waals surface area contributed by atoms with Gasteiger partial charge in [-0.3, -0.25) is 9.59 Å². The zero-order chi connectivity index (χ0) is 13.5. The van der Waals surface area contributed by atoms with E-state index in [2.05, 4.69) is 11.4 Å². The molecule has 0 bridgehead atoms. The topological polar surface area (TPSA) is 66.4 Å². The highest BCUT2D eigenvalue weighted by Crippen LogP contribution is 2.44. The Bertz CT molecular complexity index is 546. The summed E-state index contributed by atoms with van der Waals surface area (Å²) < 4.78 is 0. The van der Waals surface area contributed by atoms with Gasteiger partial charge in [0.15, 0.2) is 0 Å². The summed E-state index contributed by atoms with van der Waals surface area (Å²) in [4.78, 5) is 22.7. The number of carbonyl (C=O) groups excluding carboxylic acids is 1. The van der Waals surface area contributed by atoms with Crippen molar-refractivity contribution in [2.45, 2.75) is 38.5 Å². The van der Waals surface area contributed by atoms with Gasteiger partial charge in [-0.25, -0.2) is 0 Å². The maximum absolute atomic E-state index is 11.4. The number of hydrogen-bond donors (Lipinski definition) is 2. The lowest BCUT2D eigenvalue weighted by Gasteiger charge is -2.38. The first-order valence-corrected chi connectivity index (χ1v) is 6.74. The number of amides is 1. The van der Waals surface area contributed by atoms with E-state index in [0.29, 0.717) is 12.8 Å². The number of carboxylic acids is 1. The summed E-state index contributed by atoms with van der Waals surface area (Å²) in [6.07, 6.45) is 4.42. The van der Waals surface area contributed by atoms with Gasteiger partial charge in [-0.05, 0) is 42.9 Å². The Morgan fingerprint density at radius 2 is 2.11 bits per heavy atom. The van der Waals surface area contributed by atoms with Crippen LogP contribution in [0.15, 0.2) is 18.2 Å². The Hall–Kier alpha value is -1.84. The van der Waals surface area contributed by atoms with Gasteiger partial charge in [0.05, 0.1) is 5.41 Å². The minimum absolute atomic E-state index is 0.0567. The highest BCUT2D eigenvalue weighted by molar-refractivity contribution is 5.93. The van der Waals surface area contributed by atoms with E-state index in [1.807, 2.05) is 12.1 Å². The lowest BCUT2D eigenvalue weighted by molar-refractivity contribution is -0.154. The maximum atomic E-state index is 11.4. The van der Waals surface area contributed by atoms with Crippen LogP contribution >= 0.6 is 0 Å². The number of hydrogen-bond acceptors (Lipinski definition) is 2. The lowest BCUT2D eigenvalue weighted by atomic mass is 9.65. The van der Waals surface area contributed by atoms with Crippen molar-refractivity contribution in [3.63, 3.8) is 0 Å². The summed E-state index contributed by atoms with van der Waals surface area (Å²) in [6.45, 7) is 0. The van der Waals surface area contributed by atoms with Crippen molar-refractivity contribution in [2.24, 2.45) is 5.41 Å². The molecule has 1 amide bonds. The third-order valence-corrected chi connectivity index (χ3v) is 4.37. The number of nitrogens with one attached hydrogen (secondary N) is 1. The molecule has 0 radical (unpaired) electrons. The zero-order valence-electron chi connectivity index (χ0n) is 10.7. The number of aryl methyl sites for hydroxylation is 1. The smallest absolute Gasteiger partial charge is 0.309 e. The van der Waals surface area contributed by atoms with Gasteiger partial charge in [0, 0.05) is 12.1 Å². The van der Waals surface area contributed by atoms with Crippen molar-refractivity contribution < 1.29 is 14.7 Å². The van der Waals surface area contributed by atoms with Crippen LogP contribution in [0.25, 0.3) is 0 Å². The Labute approximate surface area is 111 Å². The molecular formula is C15H17NO3. The van der Waals surface area contributed by atoms with Gasteiger partial charge < -0.3 is 10.4 Å². The number of anilines is 1. The van der Waals surface area contributed by atoms with Crippen LogP contribution in [-0.4, -0.2) is 17.0 Å². The summed E-state index contributed by atoms with van der Waals surface area (Å²) in [6, 6.07) is 5.89. The van der Waals surface area contributed by atoms with E-state index in [9.17, 15) is 14.7 Å². The van der Waals surface area contributed by atoms with Gasteiger partial charge in [-0.15, -0.1) is 0 Å². The van der Waals surface area contributed by atoms with Gasteiger partial charge in [0.25, 0.3) is 0 Å². The molecule has 0 unspecified atom stereocenters. The highest BCUT2D eigenvalue weighted by atomic mass is 16.4. The Kier molecular flexibility index (Phi) is 2.81. The first-order chi connectivity index (χ1) is 9.09. The van der Waals surface area contributed by atoms with Crippen LogP contribution in [0.3, 0.4) is 0 Å². The third-order valence-electron chi connectivity index (χ3n) is 4.37. The second-order valence-electron chi connectivity index (χ2n) is 5.66. The van der Waals surface area contributed by atoms with E-state index in [0.717, 1.165) is 42.5 Å². The fourth-order valence-electron chi connectivity index (χ4n) is 3.01. The predicted molar refractivity (Wildman–Crippen MR) is 71.0 cm³/mol. The molecule has 0 aromatic heterocycles. The monoisotopic (exact) mass is 259 g/mol. The molecule has 0 saturated heterocycles. The standard InChI is InChI=1S/C15H17NO3/c17-13-5-3-11-8-10(2-4-12(11)16-13)9-15(14(18)19)6-1-7-15/h2,4,8H,1,3,5-7,9H2,(H,16,17)(H,18,19). The molecule has 2 N–H and O–H groups in total. The summed E-state index contributed by atoms with van der Waals surface area (Å²) in [7, 11) is 0. The van der Waals surface area contributed by atoms with Crippen LogP contribution in [0, 0.1) is 5.41 Å². The van der Waals surface area contributed by atoms with E-state index in [-0.39, 0.29) is 5.91 Å². The van der Waals surface area contributed by atoms with Crippen molar-refractivity contribution in [3.05, 3.63) is 29.3 Å². The average molecular weight is 259 g/mol. The molecule has 3 rings (SSSR count). The van der Waals surface area contributed by atoms with E-state index >= 15 is 0 Å². The summed E-state index contributed by atoms with van der Waals surface area (Å²) in [5.74, 6) is -0.619. The van der Waals surface area contributed by atoms with Crippen molar-refractivity contribution in [2.75, 3.05) is 5.32 Å². The van der Waals surface area contributed by atoms with Crippen LogP contribution in [-0.2, 0) is 22.4 Å². The third kappa shape index (κ3) is 2.11. The minimum atomic E-state index is -0.676. The van der Waals surface area contributed by atoms with Crippen molar-refractivity contribution in [3.8, 4) is 0 Å². The Morgan fingerprint density at radius 3 is 2.74 bits per heavy atom. The fraction of sp³-hybridized carbons (Fsp3) is 0.467. The number of rotatable bonds is 3. The molecule has 1 saturated carbocycles. The molecule has 1 aliphatic heterocycles. The van der Waals surface area contributed by atoms with E-state index in [1.54, 1.807) is 0 Å². The number of carbonyl (C=O) groups is 2. The maximum Gasteiger partial charge on any atom is 0.309 e. The van der Waals surface area contributed by atoms with E-state index in [1.165, 1.54) is 0 Å². The summed E-state index contributed by atoms with van der Waals surface area (Å²) in [5.41, 5.74) is 2.51. The van der Waals surface area contributed by atoms with E-state index in [4.69, 9.17) is 0 Å². The molecule has 0 atom stereocenters. The number of fused-ring (bicyclic) bond motifs is 1. The molecule has 1 heterocycles. The largest absolute Gasteiger partial charge is 0.481 e. The highest BCUT2D eigenvalue weighted by Gasteiger charge is 2.44. The molecule has 1 fully saturated rings. The SMILES string of the molecule is O=C1CCc2cc(CC3(C(=O)O)CCC3)ccc2N1. The molecule has 2 aliphatic rings. The second kappa shape index (κ2) is 4.37. The van der Waals surface area contributed by atoms with Gasteiger partial charge in [0.2, 0.25) is 5.91 Å². The molecule has 1 aromatic carbocycles. The van der Waals surface area contributed by atoms with Crippen LogP contribution in [0.1, 0.15) is 36.8 Å². The van der Waals surface area contributed by atoms with Gasteiger partial charge in [0.1, 0.15) is 0 Å². The van der Waals surface area contributed by atoms with Crippen molar-refractivity contribution >= 4 is 17.6 Å².